The molecule has 0 saturated heterocycles. The average molecular weight is 431 g/mol. The van der Waals surface area contributed by atoms with Crippen LogP contribution >= 0.6 is 0 Å². The highest BCUT2D eigenvalue weighted by atomic mass is 19.1. The molecule has 1 saturated carbocycles. The number of hydrogen-bond donors (Lipinski definition) is 1. The number of carbonyl (C=O) groups excluding carboxylic acids is 1. The predicted molar refractivity (Wildman–Crippen MR) is 115 cm³/mol. The van der Waals surface area contributed by atoms with Gasteiger partial charge in [0.2, 0.25) is 5.91 Å². The zero-order valence-electron chi connectivity index (χ0n) is 18.6. The lowest BCUT2D eigenvalue weighted by Gasteiger charge is -2.29. The maximum Gasteiger partial charge on any atom is 0.250 e. The summed E-state index contributed by atoms with van der Waals surface area (Å²) in [6.07, 6.45) is 8.27. The number of nitrogens with zero attached hydrogens (tertiary/aromatic N) is 3. The number of pyridine rings is 1. The van der Waals surface area contributed by atoms with Crippen molar-refractivity contribution >= 4 is 5.91 Å². The first-order chi connectivity index (χ1) is 14.8. The van der Waals surface area contributed by atoms with E-state index in [1.807, 2.05) is 6.92 Å². The Bertz CT molecular complexity index is 868. The Morgan fingerprint density at radius 3 is 2.32 bits per heavy atom. The SMILES string of the molecule is CC(=O)N[C@@H](C)CO[C@H]1CC[C@H](Oc2ncc(-c3ncc(C(C)C)cn3)cc2F)CC1. The van der Waals surface area contributed by atoms with Gasteiger partial charge in [-0.1, -0.05) is 13.8 Å². The van der Waals surface area contributed by atoms with Gasteiger partial charge >= 0.3 is 0 Å². The molecular weight excluding hydrogens is 399 g/mol. The molecule has 168 valence electrons. The molecule has 1 atom stereocenters. The number of nitrogens with one attached hydrogen (secondary N) is 1. The smallest absolute Gasteiger partial charge is 0.250 e. The van der Waals surface area contributed by atoms with E-state index < -0.39 is 5.82 Å². The van der Waals surface area contributed by atoms with Gasteiger partial charge in [0.15, 0.2) is 11.6 Å². The summed E-state index contributed by atoms with van der Waals surface area (Å²) in [5.74, 6) is 0.199. The quantitative estimate of drug-likeness (QED) is 0.680. The number of rotatable bonds is 8. The summed E-state index contributed by atoms with van der Waals surface area (Å²) in [6, 6.07) is 1.35. The number of halogens is 1. The third kappa shape index (κ3) is 6.69. The van der Waals surface area contributed by atoms with Crippen LogP contribution in [0.2, 0.25) is 0 Å². The van der Waals surface area contributed by atoms with Crippen LogP contribution < -0.4 is 10.1 Å². The van der Waals surface area contributed by atoms with Crippen molar-refractivity contribution in [3.8, 4) is 17.3 Å². The first-order valence-corrected chi connectivity index (χ1v) is 10.8. The molecule has 1 aliphatic carbocycles. The maximum atomic E-state index is 14.6. The summed E-state index contributed by atoms with van der Waals surface area (Å²) in [7, 11) is 0. The second-order valence-electron chi connectivity index (χ2n) is 8.46. The van der Waals surface area contributed by atoms with E-state index in [0.29, 0.717) is 23.9 Å². The minimum absolute atomic E-state index is 0.00574. The lowest BCUT2D eigenvalue weighted by molar-refractivity contribution is -0.120. The lowest BCUT2D eigenvalue weighted by Crippen LogP contribution is -2.37. The van der Waals surface area contributed by atoms with Gasteiger partial charge in [-0.15, -0.1) is 0 Å². The molecule has 8 heteroatoms. The molecule has 7 nitrogen and oxygen atoms in total. The number of aromatic nitrogens is 3. The van der Waals surface area contributed by atoms with E-state index in [0.717, 1.165) is 31.2 Å². The Balaban J connectivity index is 1.50. The van der Waals surface area contributed by atoms with E-state index in [9.17, 15) is 9.18 Å². The van der Waals surface area contributed by atoms with E-state index in [1.54, 1.807) is 18.6 Å². The van der Waals surface area contributed by atoms with Crippen LogP contribution in [-0.4, -0.2) is 45.7 Å². The molecule has 0 unspecified atom stereocenters. The van der Waals surface area contributed by atoms with Crippen LogP contribution in [0.25, 0.3) is 11.4 Å². The van der Waals surface area contributed by atoms with Gasteiger partial charge in [0.1, 0.15) is 6.10 Å². The molecule has 0 bridgehead atoms. The van der Waals surface area contributed by atoms with Gasteiger partial charge in [-0.3, -0.25) is 4.79 Å². The van der Waals surface area contributed by atoms with Crippen molar-refractivity contribution in [1.29, 1.82) is 0 Å². The molecule has 2 aromatic heterocycles. The number of hydrogen-bond acceptors (Lipinski definition) is 6. The third-order valence-electron chi connectivity index (χ3n) is 5.34. The molecule has 31 heavy (non-hydrogen) atoms. The van der Waals surface area contributed by atoms with Gasteiger partial charge in [-0.25, -0.2) is 19.3 Å². The first kappa shape index (κ1) is 23.1. The van der Waals surface area contributed by atoms with Gasteiger partial charge < -0.3 is 14.8 Å². The minimum atomic E-state index is -0.517. The Hall–Kier alpha value is -2.61. The summed E-state index contributed by atoms with van der Waals surface area (Å²) >= 11 is 0. The second kappa shape index (κ2) is 10.6. The molecule has 1 aliphatic rings. The van der Waals surface area contributed by atoms with Crippen molar-refractivity contribution in [3.05, 3.63) is 36.0 Å². The van der Waals surface area contributed by atoms with Crippen molar-refractivity contribution in [2.75, 3.05) is 6.61 Å². The zero-order valence-corrected chi connectivity index (χ0v) is 18.6. The Morgan fingerprint density at radius 2 is 1.74 bits per heavy atom. The molecule has 0 spiro atoms. The van der Waals surface area contributed by atoms with Gasteiger partial charge in [0, 0.05) is 37.1 Å². The zero-order chi connectivity index (χ0) is 22.4. The summed E-state index contributed by atoms with van der Waals surface area (Å²) in [6.45, 7) is 8.02. The molecule has 2 aromatic rings. The Labute approximate surface area is 182 Å². The molecule has 0 radical (unpaired) electrons. The van der Waals surface area contributed by atoms with E-state index in [4.69, 9.17) is 9.47 Å². The highest BCUT2D eigenvalue weighted by Crippen LogP contribution is 2.27. The van der Waals surface area contributed by atoms with Gasteiger partial charge in [-0.2, -0.15) is 0 Å². The van der Waals surface area contributed by atoms with E-state index in [1.165, 1.54) is 13.0 Å². The van der Waals surface area contributed by atoms with Crippen molar-refractivity contribution in [3.63, 3.8) is 0 Å². The summed E-state index contributed by atoms with van der Waals surface area (Å²) in [5.41, 5.74) is 1.55. The summed E-state index contributed by atoms with van der Waals surface area (Å²) in [4.78, 5) is 23.9. The molecule has 1 amide bonds. The monoisotopic (exact) mass is 430 g/mol. The average Bonchev–Trinajstić information content (AvgIpc) is 2.74. The fourth-order valence-electron chi connectivity index (χ4n) is 3.56. The van der Waals surface area contributed by atoms with Crippen LogP contribution in [-0.2, 0) is 9.53 Å². The predicted octanol–water partition coefficient (Wildman–Crippen LogP) is 4.03. The van der Waals surface area contributed by atoms with Crippen molar-refractivity contribution < 1.29 is 18.7 Å². The molecule has 1 N–H and O–H groups in total. The topological polar surface area (TPSA) is 86.2 Å². The fourth-order valence-corrected chi connectivity index (χ4v) is 3.56. The van der Waals surface area contributed by atoms with Crippen LogP contribution in [0.4, 0.5) is 4.39 Å². The van der Waals surface area contributed by atoms with Crippen molar-refractivity contribution in [1.82, 2.24) is 20.3 Å². The van der Waals surface area contributed by atoms with E-state index in [2.05, 4.69) is 34.1 Å². The van der Waals surface area contributed by atoms with Crippen LogP contribution in [0, 0.1) is 5.82 Å². The second-order valence-corrected chi connectivity index (χ2v) is 8.46. The number of ether oxygens (including phenoxy) is 2. The normalized spacial score (nSPS) is 19.8. The minimum Gasteiger partial charge on any atom is -0.472 e. The van der Waals surface area contributed by atoms with E-state index in [-0.39, 0.29) is 30.0 Å². The molecule has 2 heterocycles. The molecular formula is C23H31FN4O3. The molecule has 1 fully saturated rings. The van der Waals surface area contributed by atoms with Gasteiger partial charge in [0.05, 0.1) is 12.7 Å². The van der Waals surface area contributed by atoms with Crippen LogP contribution in [0.1, 0.15) is 64.9 Å². The highest BCUT2D eigenvalue weighted by Gasteiger charge is 2.25. The third-order valence-corrected chi connectivity index (χ3v) is 5.34. The largest absolute Gasteiger partial charge is 0.472 e. The van der Waals surface area contributed by atoms with Crippen molar-refractivity contribution in [2.24, 2.45) is 0 Å². The number of carbonyl (C=O) groups is 1. The lowest BCUT2D eigenvalue weighted by atomic mass is 9.95. The van der Waals surface area contributed by atoms with Gasteiger partial charge in [0.25, 0.3) is 5.88 Å². The maximum absolute atomic E-state index is 14.6. The van der Waals surface area contributed by atoms with Crippen LogP contribution in [0.5, 0.6) is 5.88 Å². The highest BCUT2D eigenvalue weighted by molar-refractivity contribution is 5.73. The fraction of sp³-hybridized carbons (Fsp3) is 0.565. The van der Waals surface area contributed by atoms with Crippen molar-refractivity contribution in [2.45, 2.75) is 77.5 Å². The molecule has 3 rings (SSSR count). The molecule has 0 aromatic carbocycles. The summed E-state index contributed by atoms with van der Waals surface area (Å²) in [5, 5.41) is 2.81. The number of amides is 1. The van der Waals surface area contributed by atoms with Gasteiger partial charge in [-0.05, 0) is 50.2 Å². The first-order valence-electron chi connectivity index (χ1n) is 10.8. The van der Waals surface area contributed by atoms with Crippen LogP contribution in [0.15, 0.2) is 24.7 Å². The summed E-state index contributed by atoms with van der Waals surface area (Å²) < 4.78 is 26.3. The van der Waals surface area contributed by atoms with E-state index >= 15 is 0 Å². The Morgan fingerprint density at radius 1 is 1.10 bits per heavy atom. The standard InChI is InChI=1S/C23H31FN4O3/c1-14(2)18-11-25-22(26-12-18)17-9-21(24)23(27-10-17)31-20-7-5-19(6-8-20)30-13-15(3)28-16(4)29/h9-12,14-15,19-20H,5-8,13H2,1-4H3,(H,28,29)/t15-,19-,20-/m0/s1. The molecule has 0 aliphatic heterocycles. The Kier molecular flexibility index (Phi) is 7.90. The van der Waals surface area contributed by atoms with Crippen LogP contribution in [0.3, 0.4) is 0 Å².